The molecule has 3 rings (SSSR count). The number of H-pyrrole nitrogens is 1. The minimum Gasteiger partial charge on any atom is -0.338 e. The molecule has 3 heterocycles. The number of aromatic nitrogens is 5. The van der Waals surface area contributed by atoms with Crippen molar-refractivity contribution in [3.63, 3.8) is 0 Å². The van der Waals surface area contributed by atoms with Gasteiger partial charge in [-0.25, -0.2) is 4.98 Å². The van der Waals surface area contributed by atoms with Crippen molar-refractivity contribution in [2.45, 2.75) is 38.4 Å². The van der Waals surface area contributed by atoms with Crippen molar-refractivity contribution in [3.8, 4) is 0 Å². The number of alkyl halides is 3. The van der Waals surface area contributed by atoms with Crippen LogP contribution >= 0.6 is 0 Å². The van der Waals surface area contributed by atoms with Gasteiger partial charge in [-0.1, -0.05) is 0 Å². The lowest BCUT2D eigenvalue weighted by molar-refractivity contribution is -0.141. The summed E-state index contributed by atoms with van der Waals surface area (Å²) in [5.74, 6) is 2.10. The SMILES string of the molecule is Cc1nnc(CN2CCCC(c3ncc(C(F)(F)F)[nH]3)C2)n1C. The molecule has 1 unspecified atom stereocenters. The molecule has 1 N–H and O–H groups in total. The Labute approximate surface area is 131 Å². The van der Waals surface area contributed by atoms with Gasteiger partial charge in [-0.2, -0.15) is 13.2 Å². The van der Waals surface area contributed by atoms with Gasteiger partial charge >= 0.3 is 6.18 Å². The number of nitrogens with zero attached hydrogens (tertiary/aromatic N) is 5. The second kappa shape index (κ2) is 5.95. The Morgan fingerprint density at radius 2 is 2.13 bits per heavy atom. The fourth-order valence-corrected chi connectivity index (χ4v) is 2.90. The Hall–Kier alpha value is -1.90. The predicted molar refractivity (Wildman–Crippen MR) is 76.6 cm³/mol. The van der Waals surface area contributed by atoms with E-state index >= 15 is 0 Å². The van der Waals surface area contributed by atoms with E-state index in [1.54, 1.807) is 0 Å². The third-order valence-electron chi connectivity index (χ3n) is 4.34. The average Bonchev–Trinajstić information content (AvgIpc) is 3.10. The smallest absolute Gasteiger partial charge is 0.338 e. The Morgan fingerprint density at radius 1 is 1.35 bits per heavy atom. The maximum atomic E-state index is 12.7. The van der Waals surface area contributed by atoms with Crippen LogP contribution < -0.4 is 0 Å². The lowest BCUT2D eigenvalue weighted by atomic mass is 9.97. The van der Waals surface area contributed by atoms with Gasteiger partial charge in [0.25, 0.3) is 0 Å². The van der Waals surface area contributed by atoms with Crippen molar-refractivity contribution in [1.29, 1.82) is 0 Å². The normalized spacial score (nSPS) is 20.1. The van der Waals surface area contributed by atoms with E-state index in [-0.39, 0.29) is 5.92 Å². The van der Waals surface area contributed by atoms with Crippen molar-refractivity contribution in [1.82, 2.24) is 29.6 Å². The van der Waals surface area contributed by atoms with Crippen LogP contribution in [0.2, 0.25) is 0 Å². The molecular weight excluding hydrogens is 309 g/mol. The summed E-state index contributed by atoms with van der Waals surface area (Å²) in [6.45, 7) is 4.09. The van der Waals surface area contributed by atoms with Crippen molar-refractivity contribution in [2.24, 2.45) is 7.05 Å². The zero-order valence-corrected chi connectivity index (χ0v) is 13.1. The fraction of sp³-hybridized carbons (Fsp3) is 0.643. The summed E-state index contributed by atoms with van der Waals surface area (Å²) in [6, 6.07) is 0. The van der Waals surface area contributed by atoms with Crippen LogP contribution in [0.25, 0.3) is 0 Å². The molecule has 2 aromatic rings. The molecule has 0 amide bonds. The van der Waals surface area contributed by atoms with E-state index in [0.717, 1.165) is 37.2 Å². The molecule has 2 aromatic heterocycles. The number of hydrogen-bond acceptors (Lipinski definition) is 4. The summed E-state index contributed by atoms with van der Waals surface area (Å²) >= 11 is 0. The van der Waals surface area contributed by atoms with E-state index in [0.29, 0.717) is 18.9 Å². The predicted octanol–water partition coefficient (Wildman–Crippen LogP) is 2.25. The van der Waals surface area contributed by atoms with Gasteiger partial charge in [-0.3, -0.25) is 4.90 Å². The number of piperidine rings is 1. The number of imidazole rings is 1. The first-order valence-corrected chi connectivity index (χ1v) is 7.54. The molecule has 9 heteroatoms. The minimum atomic E-state index is -4.38. The third kappa shape index (κ3) is 3.39. The lowest BCUT2D eigenvalue weighted by Crippen LogP contribution is -2.35. The highest BCUT2D eigenvalue weighted by Gasteiger charge is 2.34. The first-order chi connectivity index (χ1) is 10.8. The zero-order chi connectivity index (χ0) is 16.6. The van der Waals surface area contributed by atoms with Crippen molar-refractivity contribution >= 4 is 0 Å². The maximum Gasteiger partial charge on any atom is 0.432 e. The largest absolute Gasteiger partial charge is 0.432 e. The van der Waals surface area contributed by atoms with E-state index in [1.807, 2.05) is 18.5 Å². The lowest BCUT2D eigenvalue weighted by Gasteiger charge is -2.31. The van der Waals surface area contributed by atoms with Crippen LogP contribution in [0.3, 0.4) is 0 Å². The van der Waals surface area contributed by atoms with Crippen LogP contribution in [0, 0.1) is 6.92 Å². The molecule has 0 aliphatic carbocycles. The zero-order valence-electron chi connectivity index (χ0n) is 13.1. The number of rotatable bonds is 3. The van der Waals surface area contributed by atoms with Crippen LogP contribution in [-0.2, 0) is 19.8 Å². The van der Waals surface area contributed by atoms with Gasteiger partial charge in [0, 0.05) is 19.5 Å². The molecule has 1 saturated heterocycles. The monoisotopic (exact) mass is 328 g/mol. The van der Waals surface area contributed by atoms with Crippen LogP contribution in [0.15, 0.2) is 6.20 Å². The van der Waals surface area contributed by atoms with Crippen LogP contribution in [0.1, 0.15) is 41.9 Å². The van der Waals surface area contributed by atoms with E-state index in [9.17, 15) is 13.2 Å². The molecule has 0 radical (unpaired) electrons. The molecule has 1 aliphatic rings. The van der Waals surface area contributed by atoms with Gasteiger partial charge in [-0.05, 0) is 26.3 Å². The average molecular weight is 328 g/mol. The molecule has 126 valence electrons. The van der Waals surface area contributed by atoms with Crippen LogP contribution in [-0.4, -0.2) is 42.7 Å². The van der Waals surface area contributed by atoms with E-state index in [1.165, 1.54) is 0 Å². The quantitative estimate of drug-likeness (QED) is 0.939. The molecule has 1 atom stereocenters. The molecule has 23 heavy (non-hydrogen) atoms. The Morgan fingerprint density at radius 3 is 2.74 bits per heavy atom. The topological polar surface area (TPSA) is 62.6 Å². The first-order valence-electron chi connectivity index (χ1n) is 7.54. The molecular formula is C14H19F3N6. The number of hydrogen-bond donors (Lipinski definition) is 1. The molecule has 0 spiro atoms. The Balaban J connectivity index is 1.68. The first kappa shape index (κ1) is 16.0. The second-order valence-corrected chi connectivity index (χ2v) is 5.98. The van der Waals surface area contributed by atoms with Crippen molar-refractivity contribution in [2.75, 3.05) is 13.1 Å². The second-order valence-electron chi connectivity index (χ2n) is 5.98. The molecule has 6 nitrogen and oxygen atoms in total. The third-order valence-corrected chi connectivity index (χ3v) is 4.34. The van der Waals surface area contributed by atoms with Crippen molar-refractivity contribution in [3.05, 3.63) is 29.4 Å². The van der Waals surface area contributed by atoms with E-state index in [4.69, 9.17) is 0 Å². The molecule has 1 fully saturated rings. The summed E-state index contributed by atoms with van der Waals surface area (Å²) < 4.78 is 40.0. The molecule has 0 aromatic carbocycles. The Kier molecular flexibility index (Phi) is 4.13. The summed E-state index contributed by atoms with van der Waals surface area (Å²) in [4.78, 5) is 8.55. The standard InChI is InChI=1S/C14H19F3N6/c1-9-20-21-12(22(9)2)8-23-5-3-4-10(7-23)13-18-6-11(19-13)14(15,16)17/h6,10H,3-5,7-8H2,1-2H3,(H,18,19). The van der Waals surface area contributed by atoms with Gasteiger partial charge in [0.05, 0.1) is 12.7 Å². The van der Waals surface area contributed by atoms with E-state index in [2.05, 4.69) is 25.1 Å². The summed E-state index contributed by atoms with van der Waals surface area (Å²) in [6.07, 6.45) is -1.75. The number of likely N-dealkylation sites (tertiary alicyclic amines) is 1. The van der Waals surface area contributed by atoms with Gasteiger partial charge in [0.2, 0.25) is 0 Å². The van der Waals surface area contributed by atoms with Gasteiger partial charge in [0.1, 0.15) is 23.2 Å². The summed E-state index contributed by atoms with van der Waals surface area (Å²) in [7, 11) is 1.91. The molecule has 1 aliphatic heterocycles. The number of nitrogens with one attached hydrogen (secondary N) is 1. The summed E-state index contributed by atoms with van der Waals surface area (Å²) in [5.41, 5.74) is -0.784. The Bertz CT molecular complexity index is 674. The van der Waals surface area contributed by atoms with Crippen LogP contribution in [0.5, 0.6) is 0 Å². The highest BCUT2D eigenvalue weighted by atomic mass is 19.4. The number of halogens is 3. The summed E-state index contributed by atoms with van der Waals surface area (Å²) in [5, 5.41) is 8.17. The van der Waals surface area contributed by atoms with Gasteiger partial charge in [-0.15, -0.1) is 10.2 Å². The highest BCUT2D eigenvalue weighted by molar-refractivity contribution is 5.10. The van der Waals surface area contributed by atoms with Gasteiger partial charge in [0.15, 0.2) is 0 Å². The number of aryl methyl sites for hydroxylation is 1. The maximum absolute atomic E-state index is 12.7. The fourth-order valence-electron chi connectivity index (χ4n) is 2.90. The molecule has 0 saturated carbocycles. The number of aromatic amines is 1. The van der Waals surface area contributed by atoms with E-state index < -0.39 is 11.9 Å². The molecule has 0 bridgehead atoms. The highest BCUT2D eigenvalue weighted by Crippen LogP contribution is 2.31. The van der Waals surface area contributed by atoms with Crippen molar-refractivity contribution < 1.29 is 13.2 Å². The van der Waals surface area contributed by atoms with Crippen LogP contribution in [0.4, 0.5) is 13.2 Å². The minimum absolute atomic E-state index is 0.0193. The van der Waals surface area contributed by atoms with Gasteiger partial charge < -0.3 is 9.55 Å².